The van der Waals surface area contributed by atoms with Crippen LogP contribution in [0.3, 0.4) is 0 Å². The Labute approximate surface area is 322 Å². The molecule has 0 spiro atoms. The predicted molar refractivity (Wildman–Crippen MR) is 200 cm³/mol. The topological polar surface area (TPSA) is 167 Å². The molecule has 0 aliphatic carbocycles. The van der Waals surface area contributed by atoms with Crippen molar-refractivity contribution in [1.29, 1.82) is 0 Å². The zero-order valence-electron chi connectivity index (χ0n) is 33.3. The minimum atomic E-state index is -1.39. The first kappa shape index (κ1) is 43.5. The number of Topliss-reactive ketones (excluding diaryl/α,β-unsaturated/α-hetero) is 2. The first-order chi connectivity index (χ1) is 24.8. The van der Waals surface area contributed by atoms with E-state index in [1.807, 2.05) is 46.7 Å². The van der Waals surface area contributed by atoms with E-state index in [2.05, 4.69) is 10.2 Å². The van der Waals surface area contributed by atoms with Gasteiger partial charge in [-0.25, -0.2) is 4.79 Å². The first-order valence-corrected chi connectivity index (χ1v) is 20.5. The van der Waals surface area contributed by atoms with Crippen LogP contribution in [0.25, 0.3) is 0 Å². The summed E-state index contributed by atoms with van der Waals surface area (Å²) in [6.07, 6.45) is -3.42. The van der Waals surface area contributed by atoms with Crippen LogP contribution in [0.15, 0.2) is 4.34 Å². The number of ether oxygens (including phenoxy) is 5. The van der Waals surface area contributed by atoms with Crippen molar-refractivity contribution >= 4 is 46.7 Å². The molecule has 13 atom stereocenters. The number of ketones is 2. The number of carbonyl (C=O) groups excluding carboxylic acids is 4. The summed E-state index contributed by atoms with van der Waals surface area (Å²) in [5.41, 5.74) is -2.64. The average molecular weight is 785 g/mol. The molecule has 1 N–H and O–H groups in total. The lowest BCUT2D eigenvalue weighted by Gasteiger charge is -2.47. The summed E-state index contributed by atoms with van der Waals surface area (Å²) in [5.74, 6) is -4.25. The van der Waals surface area contributed by atoms with Gasteiger partial charge in [-0.2, -0.15) is 0 Å². The maximum atomic E-state index is 14.6. The van der Waals surface area contributed by atoms with Crippen LogP contribution in [0.4, 0.5) is 4.79 Å². The fraction of sp³-hybridized carbons (Fsp3) is 0.838. The number of hydrogen-bond donors (Lipinski definition) is 1. The average Bonchev–Trinajstić information content (AvgIpc) is 3.64. The molecule has 1 aromatic heterocycles. The predicted octanol–water partition coefficient (Wildman–Crippen LogP) is 4.53. The van der Waals surface area contributed by atoms with Crippen LogP contribution in [0.1, 0.15) is 86.1 Å². The summed E-state index contributed by atoms with van der Waals surface area (Å²) in [6, 6.07) is -1.05. The number of likely N-dealkylation sites (N-methyl/N-ethyl adjacent to an activating group) is 1. The molecule has 14 nitrogen and oxygen atoms in total. The van der Waals surface area contributed by atoms with Gasteiger partial charge in [-0.15, -0.1) is 10.2 Å². The Balaban J connectivity index is 1.71. The molecule has 3 aliphatic rings. The SMILES string of the molecule is CC[C@H]1OC(=O)[C@H](C)C(=O)[C@H](C)[C@@H](O[C@@H]2O[C@H](C)C[C@H](N(C)C)[C@H]2O)[C@@](C)(OC)C[C@@H](C)C(=O)[C@H](C)[C@H]2N(CCCSc3nnc(C)s3)C(=O)O[C@]12C. The number of carbonyl (C=O) groups is 4. The zero-order valence-corrected chi connectivity index (χ0v) is 35.0. The molecule has 3 fully saturated rings. The Morgan fingerprint density at radius 1 is 1.06 bits per heavy atom. The van der Waals surface area contributed by atoms with Crippen molar-refractivity contribution in [1.82, 2.24) is 20.0 Å². The summed E-state index contributed by atoms with van der Waals surface area (Å²) in [4.78, 5) is 59.9. The summed E-state index contributed by atoms with van der Waals surface area (Å²) in [7, 11) is 5.24. The number of cyclic esters (lactones) is 1. The number of aliphatic hydroxyl groups excluding tert-OH is 1. The Bertz CT molecular complexity index is 1460. The normalized spacial score (nSPS) is 39.1. The second-order valence-corrected chi connectivity index (χ2v) is 18.2. The first-order valence-electron chi connectivity index (χ1n) is 18.7. The van der Waals surface area contributed by atoms with E-state index in [1.165, 1.54) is 25.4 Å². The second-order valence-electron chi connectivity index (χ2n) is 15.7. The van der Waals surface area contributed by atoms with Crippen molar-refractivity contribution in [2.24, 2.45) is 23.7 Å². The fourth-order valence-electron chi connectivity index (χ4n) is 8.44. The van der Waals surface area contributed by atoms with Crippen molar-refractivity contribution in [3.05, 3.63) is 5.01 Å². The van der Waals surface area contributed by atoms with Gasteiger partial charge >= 0.3 is 12.1 Å². The standard InChI is InChI=1S/C37H60N4O10S2/c1-13-26-37(9)30(41(35(46)51-37)15-14-16-52-34-39-38-24(7)53-34)21(4)27(42)19(2)18-36(8,47-12)31(22(5)28(43)23(6)32(45)49-26)50-33-29(44)25(40(10)11)17-20(3)48-33/h19-23,25-26,29-31,33,44H,13-18H2,1-12H3/t19-,20-,21+,22+,23-,25+,26-,29-,30-,31-,33+,36+,37-/m1/s1. The van der Waals surface area contributed by atoms with E-state index in [9.17, 15) is 24.3 Å². The van der Waals surface area contributed by atoms with E-state index < -0.39 is 83.4 Å². The summed E-state index contributed by atoms with van der Waals surface area (Å²) < 4.78 is 31.9. The molecular formula is C37H60N4O10S2. The highest BCUT2D eigenvalue weighted by molar-refractivity contribution is 8.01. The second kappa shape index (κ2) is 17.7. The van der Waals surface area contributed by atoms with Gasteiger partial charge in [0, 0.05) is 43.2 Å². The van der Waals surface area contributed by atoms with Crippen molar-refractivity contribution in [3.63, 3.8) is 0 Å². The van der Waals surface area contributed by atoms with Crippen LogP contribution in [-0.2, 0) is 38.1 Å². The van der Waals surface area contributed by atoms with Gasteiger partial charge in [0.25, 0.3) is 0 Å². The molecule has 1 amide bonds. The molecule has 0 saturated carbocycles. The molecular weight excluding hydrogens is 725 g/mol. The lowest BCUT2D eigenvalue weighted by molar-refractivity contribution is -0.295. The maximum absolute atomic E-state index is 14.6. The van der Waals surface area contributed by atoms with E-state index in [4.69, 9.17) is 23.7 Å². The molecule has 4 rings (SSSR count). The van der Waals surface area contributed by atoms with Gasteiger partial charge in [0.2, 0.25) is 0 Å². The third-order valence-corrected chi connectivity index (χ3v) is 13.5. The van der Waals surface area contributed by atoms with E-state index in [1.54, 1.807) is 44.4 Å². The number of thioether (sulfide) groups is 1. The highest BCUT2D eigenvalue weighted by Gasteiger charge is 2.60. The van der Waals surface area contributed by atoms with Gasteiger partial charge < -0.3 is 38.6 Å². The number of nitrogens with zero attached hydrogens (tertiary/aromatic N) is 4. The molecule has 0 aromatic carbocycles. The Kier molecular flexibility index (Phi) is 14.5. The number of rotatable bonds is 10. The molecule has 3 saturated heterocycles. The highest BCUT2D eigenvalue weighted by atomic mass is 32.2. The molecule has 300 valence electrons. The van der Waals surface area contributed by atoms with Crippen molar-refractivity contribution in [3.8, 4) is 0 Å². The number of hydrogen-bond acceptors (Lipinski definition) is 15. The minimum Gasteiger partial charge on any atom is -0.458 e. The largest absolute Gasteiger partial charge is 0.458 e. The van der Waals surface area contributed by atoms with Crippen molar-refractivity contribution in [2.45, 2.75) is 146 Å². The molecule has 1 aromatic rings. The monoisotopic (exact) mass is 784 g/mol. The van der Waals surface area contributed by atoms with E-state index >= 15 is 0 Å². The van der Waals surface area contributed by atoms with Gasteiger partial charge in [-0.1, -0.05) is 50.8 Å². The summed E-state index contributed by atoms with van der Waals surface area (Å²) in [6.45, 7) is 16.1. The molecule has 4 heterocycles. The summed E-state index contributed by atoms with van der Waals surface area (Å²) >= 11 is 3.05. The van der Waals surface area contributed by atoms with Crippen LogP contribution in [0.5, 0.6) is 0 Å². The number of aliphatic hydroxyl groups is 1. The Hall–Kier alpha value is -2.21. The Morgan fingerprint density at radius 2 is 1.74 bits per heavy atom. The van der Waals surface area contributed by atoms with E-state index in [0.717, 1.165) is 9.35 Å². The van der Waals surface area contributed by atoms with Gasteiger partial charge in [0.05, 0.1) is 23.9 Å². The fourth-order valence-corrected chi connectivity index (χ4v) is 10.3. The lowest BCUT2D eigenvalue weighted by atomic mass is 9.73. The van der Waals surface area contributed by atoms with Gasteiger partial charge in [0.15, 0.2) is 22.0 Å². The molecule has 16 heteroatoms. The van der Waals surface area contributed by atoms with Gasteiger partial charge in [-0.3, -0.25) is 14.4 Å². The van der Waals surface area contributed by atoms with Crippen LogP contribution in [-0.4, -0.2) is 136 Å². The van der Waals surface area contributed by atoms with E-state index in [0.29, 0.717) is 25.1 Å². The molecule has 0 radical (unpaired) electrons. The smallest absolute Gasteiger partial charge is 0.410 e. The van der Waals surface area contributed by atoms with Crippen LogP contribution in [0.2, 0.25) is 0 Å². The number of methoxy groups -OCH3 is 1. The number of fused-ring (bicyclic) bond motifs is 1. The number of aromatic nitrogens is 2. The molecule has 3 aliphatic heterocycles. The van der Waals surface area contributed by atoms with Gasteiger partial charge in [0.1, 0.15) is 28.9 Å². The number of aryl methyl sites for hydroxylation is 1. The minimum absolute atomic E-state index is 0.136. The number of esters is 1. The van der Waals surface area contributed by atoms with E-state index in [-0.39, 0.29) is 30.8 Å². The third kappa shape index (κ3) is 9.26. The number of amides is 1. The van der Waals surface area contributed by atoms with Crippen molar-refractivity contribution in [2.75, 3.05) is 33.5 Å². The van der Waals surface area contributed by atoms with Gasteiger partial charge in [-0.05, 0) is 74.4 Å². The molecule has 0 bridgehead atoms. The summed E-state index contributed by atoms with van der Waals surface area (Å²) in [5, 5.41) is 20.5. The quantitative estimate of drug-likeness (QED) is 0.152. The van der Waals surface area contributed by atoms with Crippen LogP contribution in [0, 0.1) is 30.6 Å². The third-order valence-electron chi connectivity index (χ3n) is 11.4. The van der Waals surface area contributed by atoms with Crippen LogP contribution < -0.4 is 0 Å². The van der Waals surface area contributed by atoms with Crippen LogP contribution >= 0.6 is 23.1 Å². The highest BCUT2D eigenvalue weighted by Crippen LogP contribution is 2.43. The van der Waals surface area contributed by atoms with Crippen molar-refractivity contribution < 1.29 is 48.0 Å². The maximum Gasteiger partial charge on any atom is 0.410 e. The molecule has 0 unspecified atom stereocenters. The zero-order chi connectivity index (χ0) is 39.6. The Morgan fingerprint density at radius 3 is 2.32 bits per heavy atom. The molecule has 53 heavy (non-hydrogen) atoms. The lowest BCUT2D eigenvalue weighted by Crippen LogP contribution is -2.60.